The van der Waals surface area contributed by atoms with Gasteiger partial charge in [0.25, 0.3) is 0 Å². The molecular weight excluding hydrogens is 264 g/mol. The normalized spacial score (nSPS) is 21.4. The SMILES string of the molecule is CC[C@](C)(CNC(=O)C1CC=CC1)NC(=O)C1CC=CC1. The van der Waals surface area contributed by atoms with Gasteiger partial charge in [0.05, 0.1) is 5.54 Å². The molecule has 2 rings (SSSR count). The average Bonchev–Trinajstić information content (AvgIpc) is 3.16. The van der Waals surface area contributed by atoms with Crippen LogP contribution in [0, 0.1) is 11.8 Å². The molecule has 0 spiro atoms. The fraction of sp³-hybridized carbons (Fsp3) is 0.647. The Balaban J connectivity index is 1.81. The van der Waals surface area contributed by atoms with E-state index in [0.717, 1.165) is 32.1 Å². The lowest BCUT2D eigenvalue weighted by molar-refractivity contribution is -0.128. The number of hydrogen-bond donors (Lipinski definition) is 2. The maximum Gasteiger partial charge on any atom is 0.224 e. The lowest BCUT2D eigenvalue weighted by Gasteiger charge is -2.31. The van der Waals surface area contributed by atoms with Gasteiger partial charge in [0.15, 0.2) is 0 Å². The highest BCUT2D eigenvalue weighted by atomic mass is 16.2. The average molecular weight is 290 g/mol. The predicted octanol–water partition coefficient (Wildman–Crippen LogP) is 2.32. The molecule has 4 nitrogen and oxygen atoms in total. The minimum absolute atomic E-state index is 0.0607. The van der Waals surface area contributed by atoms with Gasteiger partial charge in [-0.3, -0.25) is 9.59 Å². The lowest BCUT2D eigenvalue weighted by atomic mass is 9.95. The van der Waals surface area contributed by atoms with Crippen LogP contribution in [-0.2, 0) is 9.59 Å². The summed E-state index contributed by atoms with van der Waals surface area (Å²) in [7, 11) is 0. The first kappa shape index (κ1) is 15.8. The molecule has 0 aromatic heterocycles. The number of amides is 2. The van der Waals surface area contributed by atoms with Crippen LogP contribution in [0.25, 0.3) is 0 Å². The van der Waals surface area contributed by atoms with Crippen molar-refractivity contribution in [3.05, 3.63) is 24.3 Å². The Kier molecular flexibility index (Phi) is 5.21. The fourth-order valence-corrected chi connectivity index (χ4v) is 2.75. The van der Waals surface area contributed by atoms with E-state index in [1.165, 1.54) is 0 Å². The first-order valence-electron chi connectivity index (χ1n) is 7.94. The zero-order valence-electron chi connectivity index (χ0n) is 13.0. The molecule has 1 atom stereocenters. The van der Waals surface area contributed by atoms with Crippen molar-refractivity contribution >= 4 is 11.8 Å². The number of carbonyl (C=O) groups is 2. The van der Waals surface area contributed by atoms with Gasteiger partial charge in [-0.05, 0) is 39.0 Å². The smallest absolute Gasteiger partial charge is 0.224 e. The van der Waals surface area contributed by atoms with Crippen molar-refractivity contribution in [1.82, 2.24) is 10.6 Å². The summed E-state index contributed by atoms with van der Waals surface area (Å²) >= 11 is 0. The molecule has 0 fully saturated rings. The van der Waals surface area contributed by atoms with Crippen LogP contribution in [0.1, 0.15) is 46.0 Å². The second-order valence-corrected chi connectivity index (χ2v) is 6.40. The van der Waals surface area contributed by atoms with Gasteiger partial charge in [0, 0.05) is 18.4 Å². The molecule has 0 unspecified atom stereocenters. The van der Waals surface area contributed by atoms with E-state index in [1.54, 1.807) is 0 Å². The molecule has 0 radical (unpaired) electrons. The molecule has 2 aliphatic rings. The first-order valence-corrected chi connectivity index (χ1v) is 7.94. The summed E-state index contributed by atoms with van der Waals surface area (Å²) in [5.41, 5.74) is -0.374. The van der Waals surface area contributed by atoms with E-state index in [-0.39, 0.29) is 29.2 Å². The Hall–Kier alpha value is -1.58. The van der Waals surface area contributed by atoms with Crippen LogP contribution < -0.4 is 10.6 Å². The van der Waals surface area contributed by atoms with Gasteiger partial charge in [-0.1, -0.05) is 31.2 Å². The minimum Gasteiger partial charge on any atom is -0.354 e. The monoisotopic (exact) mass is 290 g/mol. The largest absolute Gasteiger partial charge is 0.354 e. The third-order valence-electron chi connectivity index (χ3n) is 4.62. The highest BCUT2D eigenvalue weighted by Gasteiger charge is 2.30. The quantitative estimate of drug-likeness (QED) is 0.738. The first-order chi connectivity index (χ1) is 10.0. The van der Waals surface area contributed by atoms with E-state index in [9.17, 15) is 9.59 Å². The van der Waals surface area contributed by atoms with Crippen molar-refractivity contribution in [3.63, 3.8) is 0 Å². The van der Waals surface area contributed by atoms with E-state index < -0.39 is 0 Å². The Morgan fingerprint density at radius 1 is 1.00 bits per heavy atom. The summed E-state index contributed by atoms with van der Waals surface area (Å²) in [5, 5.41) is 6.12. The summed E-state index contributed by atoms with van der Waals surface area (Å²) in [4.78, 5) is 24.3. The molecule has 0 bridgehead atoms. The van der Waals surface area contributed by atoms with Gasteiger partial charge in [0.1, 0.15) is 0 Å². The van der Waals surface area contributed by atoms with E-state index in [1.807, 2.05) is 13.8 Å². The van der Waals surface area contributed by atoms with Crippen LogP contribution in [0.2, 0.25) is 0 Å². The second kappa shape index (κ2) is 6.92. The number of rotatable bonds is 6. The predicted molar refractivity (Wildman–Crippen MR) is 83.6 cm³/mol. The molecule has 0 saturated heterocycles. The van der Waals surface area contributed by atoms with Crippen molar-refractivity contribution < 1.29 is 9.59 Å². The molecule has 116 valence electrons. The van der Waals surface area contributed by atoms with Crippen molar-refractivity contribution in [3.8, 4) is 0 Å². The van der Waals surface area contributed by atoms with Crippen LogP contribution in [0.5, 0.6) is 0 Å². The van der Waals surface area contributed by atoms with Gasteiger partial charge >= 0.3 is 0 Å². The second-order valence-electron chi connectivity index (χ2n) is 6.40. The number of hydrogen-bond acceptors (Lipinski definition) is 2. The minimum atomic E-state index is -0.374. The van der Waals surface area contributed by atoms with E-state index in [0.29, 0.717) is 6.54 Å². The molecule has 2 amide bonds. The highest BCUT2D eigenvalue weighted by molar-refractivity contribution is 5.81. The van der Waals surface area contributed by atoms with Gasteiger partial charge in [0.2, 0.25) is 11.8 Å². The molecule has 2 N–H and O–H groups in total. The maximum atomic E-state index is 12.2. The third kappa shape index (κ3) is 4.19. The summed E-state index contributed by atoms with van der Waals surface area (Å²) < 4.78 is 0. The van der Waals surface area contributed by atoms with Gasteiger partial charge in [-0.15, -0.1) is 0 Å². The van der Waals surface area contributed by atoms with Crippen molar-refractivity contribution in [1.29, 1.82) is 0 Å². The Bertz CT molecular complexity index is 440. The fourth-order valence-electron chi connectivity index (χ4n) is 2.75. The van der Waals surface area contributed by atoms with Gasteiger partial charge in [-0.2, -0.15) is 0 Å². The van der Waals surface area contributed by atoms with E-state index >= 15 is 0 Å². The van der Waals surface area contributed by atoms with Crippen LogP contribution >= 0.6 is 0 Å². The molecule has 2 aliphatic carbocycles. The lowest BCUT2D eigenvalue weighted by Crippen LogP contribution is -2.55. The Morgan fingerprint density at radius 2 is 1.48 bits per heavy atom. The number of nitrogens with one attached hydrogen (secondary N) is 2. The molecule has 0 aliphatic heterocycles. The van der Waals surface area contributed by atoms with E-state index in [2.05, 4.69) is 34.9 Å². The van der Waals surface area contributed by atoms with Gasteiger partial charge < -0.3 is 10.6 Å². The molecule has 4 heteroatoms. The molecule has 0 heterocycles. The molecular formula is C17H26N2O2. The molecule has 21 heavy (non-hydrogen) atoms. The number of carbonyl (C=O) groups excluding carboxylic acids is 2. The standard InChI is InChI=1S/C17H26N2O2/c1-3-17(2,19-16(21)14-10-6-7-11-14)12-18-15(20)13-8-4-5-9-13/h4-7,13-14H,3,8-12H2,1-2H3,(H,18,20)(H,19,21)/t17-/m1/s1. The van der Waals surface area contributed by atoms with Crippen molar-refractivity contribution in [2.45, 2.75) is 51.5 Å². The number of allylic oxidation sites excluding steroid dienone is 4. The third-order valence-corrected chi connectivity index (χ3v) is 4.62. The maximum absolute atomic E-state index is 12.2. The van der Waals surface area contributed by atoms with E-state index in [4.69, 9.17) is 0 Å². The Morgan fingerprint density at radius 3 is 1.95 bits per heavy atom. The molecule has 0 saturated carbocycles. The van der Waals surface area contributed by atoms with Crippen LogP contribution in [-0.4, -0.2) is 23.9 Å². The molecule has 0 aromatic rings. The van der Waals surface area contributed by atoms with Crippen LogP contribution in [0.4, 0.5) is 0 Å². The van der Waals surface area contributed by atoms with Crippen LogP contribution in [0.15, 0.2) is 24.3 Å². The van der Waals surface area contributed by atoms with Crippen molar-refractivity contribution in [2.24, 2.45) is 11.8 Å². The highest BCUT2D eigenvalue weighted by Crippen LogP contribution is 2.20. The zero-order valence-corrected chi connectivity index (χ0v) is 13.0. The summed E-state index contributed by atoms with van der Waals surface area (Å²) in [5.74, 6) is 0.323. The topological polar surface area (TPSA) is 58.2 Å². The van der Waals surface area contributed by atoms with Gasteiger partial charge in [-0.25, -0.2) is 0 Å². The zero-order chi connectivity index (χ0) is 15.3. The van der Waals surface area contributed by atoms with Crippen molar-refractivity contribution in [2.75, 3.05) is 6.54 Å². The molecule has 0 aromatic carbocycles. The Labute approximate surface area is 127 Å². The van der Waals surface area contributed by atoms with Crippen LogP contribution in [0.3, 0.4) is 0 Å². The summed E-state index contributed by atoms with van der Waals surface area (Å²) in [6.07, 6.45) is 12.3. The summed E-state index contributed by atoms with van der Waals surface area (Å²) in [6.45, 7) is 4.53. The summed E-state index contributed by atoms with van der Waals surface area (Å²) in [6, 6.07) is 0.